The van der Waals surface area contributed by atoms with Gasteiger partial charge in [-0.05, 0) is 131 Å². The lowest BCUT2D eigenvalue weighted by Gasteiger charge is -2.40. The molecule has 64 heavy (non-hydrogen) atoms. The summed E-state index contributed by atoms with van der Waals surface area (Å²) in [5.74, 6) is 0.670. The van der Waals surface area contributed by atoms with Gasteiger partial charge in [-0.25, -0.2) is 0 Å². The topological polar surface area (TPSA) is 3.24 Å². The second kappa shape index (κ2) is 14.7. The molecule has 0 aromatic heterocycles. The van der Waals surface area contributed by atoms with Gasteiger partial charge in [0.15, 0.2) is 0 Å². The molecule has 0 radical (unpaired) electrons. The maximum atomic E-state index is 2.45. The van der Waals surface area contributed by atoms with Crippen LogP contribution >= 0.6 is 0 Å². The molecule has 12 rings (SSSR count). The summed E-state index contributed by atoms with van der Waals surface area (Å²) in [6, 6.07) is 70.4. The average molecular weight is 822 g/mol. The van der Waals surface area contributed by atoms with Crippen molar-refractivity contribution in [3.05, 3.63) is 245 Å². The zero-order valence-electron chi connectivity index (χ0n) is 37.0. The molecule has 0 heterocycles. The lowest BCUT2D eigenvalue weighted by atomic mass is 9.64. The zero-order valence-corrected chi connectivity index (χ0v) is 37.0. The number of nitrogens with zero attached hydrogens (tertiary/aromatic N) is 1. The van der Waals surface area contributed by atoms with Crippen molar-refractivity contribution in [3.63, 3.8) is 0 Å². The minimum Gasteiger partial charge on any atom is -0.310 e. The van der Waals surface area contributed by atoms with E-state index in [1.54, 1.807) is 0 Å². The molecule has 0 bridgehead atoms. The Bertz CT molecular complexity index is 3410. The van der Waals surface area contributed by atoms with Gasteiger partial charge in [-0.1, -0.05) is 209 Å². The molecule has 9 aromatic rings. The molecule has 3 atom stereocenters. The van der Waals surface area contributed by atoms with Gasteiger partial charge in [0.05, 0.1) is 0 Å². The van der Waals surface area contributed by atoms with Crippen LogP contribution in [0.2, 0.25) is 0 Å². The van der Waals surface area contributed by atoms with Gasteiger partial charge in [0.2, 0.25) is 0 Å². The molecule has 3 aliphatic rings. The standard InChI is InChI=1S/C63H51N/c1-41-38-58-46(26-25-42-14-6-8-19-53(42)58)39-57(41)45-29-34-49(35-30-45)64(48-32-27-44(28-33-48)52-21-12-22-54-51-18-7-5-15-43(51)31-36-55(52)54)50-17-11-16-47(40-50)63(4)37-13-24-60-61(63)56-20-9-10-23-59(56)62(60,2)3/h5-37,39-41,61H,38H2,1-4H3. The summed E-state index contributed by atoms with van der Waals surface area (Å²) < 4.78 is 0. The number of benzene rings is 9. The van der Waals surface area contributed by atoms with Gasteiger partial charge >= 0.3 is 0 Å². The van der Waals surface area contributed by atoms with E-state index in [1.165, 1.54) is 88.0 Å². The van der Waals surface area contributed by atoms with E-state index in [4.69, 9.17) is 0 Å². The molecule has 308 valence electrons. The van der Waals surface area contributed by atoms with Crippen LogP contribution in [-0.4, -0.2) is 0 Å². The molecule has 1 nitrogen and oxygen atoms in total. The number of fused-ring (bicyclic) bond motifs is 9. The predicted molar refractivity (Wildman–Crippen MR) is 273 cm³/mol. The highest BCUT2D eigenvalue weighted by Crippen LogP contribution is 2.59. The van der Waals surface area contributed by atoms with Gasteiger partial charge in [0, 0.05) is 33.8 Å². The van der Waals surface area contributed by atoms with E-state index in [-0.39, 0.29) is 16.7 Å². The number of allylic oxidation sites excluding steroid dienone is 5. The maximum absolute atomic E-state index is 2.45. The van der Waals surface area contributed by atoms with Crippen molar-refractivity contribution in [1.82, 2.24) is 0 Å². The number of hydrogen-bond acceptors (Lipinski definition) is 1. The summed E-state index contributed by atoms with van der Waals surface area (Å²) in [6.45, 7) is 9.62. The first-order valence-electron chi connectivity index (χ1n) is 23.0. The van der Waals surface area contributed by atoms with Gasteiger partial charge < -0.3 is 4.90 Å². The Morgan fingerprint density at radius 2 is 1.19 bits per heavy atom. The molecular formula is C63H51N. The first-order valence-corrected chi connectivity index (χ1v) is 23.0. The minimum absolute atomic E-state index is 0.0290. The monoisotopic (exact) mass is 821 g/mol. The maximum Gasteiger partial charge on any atom is 0.0464 e. The smallest absolute Gasteiger partial charge is 0.0464 e. The molecule has 0 saturated carbocycles. The van der Waals surface area contributed by atoms with Crippen molar-refractivity contribution < 1.29 is 0 Å². The van der Waals surface area contributed by atoms with Gasteiger partial charge in [-0.3, -0.25) is 0 Å². The molecular weight excluding hydrogens is 771 g/mol. The summed E-state index contributed by atoms with van der Waals surface area (Å²) in [6.07, 6.45) is 10.6. The second-order valence-electron chi connectivity index (χ2n) is 19.1. The van der Waals surface area contributed by atoms with Crippen LogP contribution in [0.4, 0.5) is 17.1 Å². The van der Waals surface area contributed by atoms with E-state index in [2.05, 4.69) is 245 Å². The van der Waals surface area contributed by atoms with E-state index in [0.717, 1.165) is 23.5 Å². The van der Waals surface area contributed by atoms with Crippen LogP contribution in [0.25, 0.3) is 55.1 Å². The fourth-order valence-corrected chi connectivity index (χ4v) is 11.8. The molecule has 0 aliphatic heterocycles. The number of anilines is 3. The van der Waals surface area contributed by atoms with Crippen molar-refractivity contribution in [1.29, 1.82) is 0 Å². The van der Waals surface area contributed by atoms with Crippen molar-refractivity contribution in [2.75, 3.05) is 4.90 Å². The van der Waals surface area contributed by atoms with Gasteiger partial charge in [-0.2, -0.15) is 0 Å². The highest BCUT2D eigenvalue weighted by Gasteiger charge is 2.50. The summed E-state index contributed by atoms with van der Waals surface area (Å²) in [5.41, 5.74) is 16.8. The van der Waals surface area contributed by atoms with E-state index < -0.39 is 0 Å². The molecule has 9 aromatic carbocycles. The Kier molecular flexibility index (Phi) is 8.82. The van der Waals surface area contributed by atoms with Crippen molar-refractivity contribution >= 4 is 61.0 Å². The molecule has 0 fully saturated rings. The lowest BCUT2D eigenvalue weighted by molar-refractivity contribution is 0.482. The van der Waals surface area contributed by atoms with E-state index in [0.29, 0.717) is 5.92 Å². The van der Waals surface area contributed by atoms with Crippen LogP contribution < -0.4 is 4.90 Å². The third-order valence-electron chi connectivity index (χ3n) is 15.1. The minimum atomic E-state index is -0.229. The highest BCUT2D eigenvalue weighted by atomic mass is 15.1. The van der Waals surface area contributed by atoms with Crippen LogP contribution in [-0.2, 0) is 17.3 Å². The van der Waals surface area contributed by atoms with Crippen molar-refractivity contribution in [2.24, 2.45) is 5.92 Å². The van der Waals surface area contributed by atoms with Crippen LogP contribution in [0, 0.1) is 5.92 Å². The van der Waals surface area contributed by atoms with E-state index >= 15 is 0 Å². The molecule has 0 N–H and O–H groups in total. The van der Waals surface area contributed by atoms with Gasteiger partial charge in [0.1, 0.15) is 0 Å². The third-order valence-corrected chi connectivity index (χ3v) is 15.1. The van der Waals surface area contributed by atoms with Crippen molar-refractivity contribution in [2.45, 2.75) is 50.9 Å². The molecule has 1 heteroatoms. The van der Waals surface area contributed by atoms with E-state index in [1.807, 2.05) is 0 Å². The molecule has 3 unspecified atom stereocenters. The number of rotatable bonds is 6. The van der Waals surface area contributed by atoms with Crippen LogP contribution in [0.1, 0.15) is 67.0 Å². The third kappa shape index (κ3) is 5.98. The van der Waals surface area contributed by atoms with Crippen LogP contribution in [0.15, 0.2) is 212 Å². The number of hydrogen-bond donors (Lipinski definition) is 0. The Morgan fingerprint density at radius 1 is 0.531 bits per heavy atom. The summed E-state index contributed by atoms with van der Waals surface area (Å²) in [4.78, 5) is 2.45. The SMILES string of the molecule is CC1Cc2c(ccc3ccccc23)C=C1c1ccc(N(c2ccc(-c3cccc4c3ccc3ccccc34)cc2)c2cccc(C3(C)C=CC=C4C3c3ccccc3C4(C)C)c2)cc1. The normalized spacial score (nSPS) is 19.5. The largest absolute Gasteiger partial charge is 0.310 e. The Balaban J connectivity index is 0.961. The van der Waals surface area contributed by atoms with Crippen LogP contribution in [0.5, 0.6) is 0 Å². The first kappa shape index (κ1) is 38.5. The summed E-state index contributed by atoms with van der Waals surface area (Å²) in [5, 5.41) is 7.81. The molecule has 0 amide bonds. The quantitative estimate of drug-likeness (QED) is 0.151. The average Bonchev–Trinajstić information content (AvgIpc) is 3.58. The van der Waals surface area contributed by atoms with Crippen LogP contribution in [0.3, 0.4) is 0 Å². The van der Waals surface area contributed by atoms with Gasteiger partial charge in [-0.15, -0.1) is 0 Å². The Hall–Kier alpha value is -7.22. The first-order chi connectivity index (χ1) is 31.3. The Morgan fingerprint density at radius 3 is 1.98 bits per heavy atom. The molecule has 0 saturated heterocycles. The van der Waals surface area contributed by atoms with Crippen molar-refractivity contribution in [3.8, 4) is 11.1 Å². The fourth-order valence-electron chi connectivity index (χ4n) is 11.8. The Labute approximate surface area is 377 Å². The zero-order chi connectivity index (χ0) is 43.2. The summed E-state index contributed by atoms with van der Waals surface area (Å²) >= 11 is 0. The fraction of sp³-hybridized carbons (Fsp3) is 0.143. The molecule has 3 aliphatic carbocycles. The predicted octanol–water partition coefficient (Wildman–Crippen LogP) is 16.8. The second-order valence-corrected chi connectivity index (χ2v) is 19.1. The molecule has 0 spiro atoms. The summed E-state index contributed by atoms with van der Waals surface area (Å²) in [7, 11) is 0. The van der Waals surface area contributed by atoms with Gasteiger partial charge in [0.25, 0.3) is 0 Å². The van der Waals surface area contributed by atoms with E-state index in [9.17, 15) is 0 Å². The highest BCUT2D eigenvalue weighted by molar-refractivity contribution is 6.12. The lowest BCUT2D eigenvalue weighted by Crippen LogP contribution is -2.32.